The van der Waals surface area contributed by atoms with E-state index < -0.39 is 5.97 Å². The third-order valence-corrected chi connectivity index (χ3v) is 4.58. The maximum atomic E-state index is 11.3. The first-order chi connectivity index (χ1) is 12.2. The van der Waals surface area contributed by atoms with Gasteiger partial charge in [0.25, 0.3) is 0 Å². The lowest BCUT2D eigenvalue weighted by atomic mass is 10.1. The minimum Gasteiger partial charge on any atom is -0.478 e. The molecule has 25 heavy (non-hydrogen) atoms. The normalized spacial score (nSPS) is 11.3. The van der Waals surface area contributed by atoms with Crippen LogP contribution in [0.5, 0.6) is 0 Å². The molecule has 3 rings (SSSR count). The number of fused-ring (bicyclic) bond motifs is 1. The van der Waals surface area contributed by atoms with Crippen LogP contribution in [0.2, 0.25) is 0 Å². The molecule has 3 aromatic rings. The number of benzene rings is 2. The first-order valence-electron chi connectivity index (χ1n) is 8.96. The van der Waals surface area contributed by atoms with Crippen molar-refractivity contribution < 1.29 is 9.90 Å². The third kappa shape index (κ3) is 3.43. The molecule has 0 aliphatic carbocycles. The number of hydrogen-bond acceptors (Lipinski definition) is 2. The predicted octanol–water partition coefficient (Wildman–Crippen LogP) is 5.54. The summed E-state index contributed by atoms with van der Waals surface area (Å²) in [4.78, 5) is 16.1. The molecule has 4 heteroatoms. The number of hydrogen-bond donors (Lipinski definition) is 1. The van der Waals surface area contributed by atoms with Crippen LogP contribution < -0.4 is 0 Å². The maximum Gasteiger partial charge on any atom is 0.335 e. The number of carbonyl (C=O) groups is 1. The smallest absolute Gasteiger partial charge is 0.335 e. The van der Waals surface area contributed by atoms with Crippen LogP contribution in [-0.2, 0) is 0 Å². The van der Waals surface area contributed by atoms with Crippen molar-refractivity contribution in [3.05, 3.63) is 54.1 Å². The zero-order valence-corrected chi connectivity index (χ0v) is 14.8. The second-order valence-electron chi connectivity index (χ2n) is 6.41. The fraction of sp³-hybridized carbons (Fsp3) is 0.333. The molecule has 0 saturated carbocycles. The van der Waals surface area contributed by atoms with Gasteiger partial charge in [-0.1, -0.05) is 57.0 Å². The van der Waals surface area contributed by atoms with Gasteiger partial charge in [0, 0.05) is 11.6 Å². The summed E-state index contributed by atoms with van der Waals surface area (Å²) >= 11 is 0. The molecule has 0 atom stereocenters. The number of carboxylic acids is 1. The summed E-state index contributed by atoms with van der Waals surface area (Å²) in [5.41, 5.74) is 3.10. The predicted molar refractivity (Wildman–Crippen MR) is 101 cm³/mol. The first-order valence-corrected chi connectivity index (χ1v) is 8.96. The Morgan fingerprint density at radius 3 is 2.36 bits per heavy atom. The van der Waals surface area contributed by atoms with Crippen LogP contribution in [0.4, 0.5) is 0 Å². The highest BCUT2D eigenvalue weighted by molar-refractivity contribution is 5.93. The highest BCUT2D eigenvalue weighted by atomic mass is 16.4. The Labute approximate surface area is 148 Å². The summed E-state index contributed by atoms with van der Waals surface area (Å²) in [6, 6.07) is 15.8. The second-order valence-corrected chi connectivity index (χ2v) is 6.41. The van der Waals surface area contributed by atoms with E-state index in [1.807, 2.05) is 24.3 Å². The fourth-order valence-corrected chi connectivity index (χ4v) is 3.46. The maximum absolute atomic E-state index is 11.3. The Kier molecular flexibility index (Phi) is 5.17. The van der Waals surface area contributed by atoms with Crippen molar-refractivity contribution in [2.24, 2.45) is 0 Å². The number of imidazole rings is 1. The van der Waals surface area contributed by atoms with Gasteiger partial charge in [-0.25, -0.2) is 9.78 Å². The van der Waals surface area contributed by atoms with E-state index in [2.05, 4.69) is 30.5 Å². The lowest BCUT2D eigenvalue weighted by Gasteiger charge is -2.21. The van der Waals surface area contributed by atoms with E-state index in [1.54, 1.807) is 12.1 Å². The quantitative estimate of drug-likeness (QED) is 0.616. The summed E-state index contributed by atoms with van der Waals surface area (Å²) in [6.07, 6.45) is 4.37. The zero-order chi connectivity index (χ0) is 17.8. The highest BCUT2D eigenvalue weighted by Crippen LogP contribution is 2.33. The Morgan fingerprint density at radius 1 is 1.08 bits per heavy atom. The van der Waals surface area contributed by atoms with Crippen molar-refractivity contribution in [1.82, 2.24) is 9.55 Å². The lowest BCUT2D eigenvalue weighted by molar-refractivity contribution is 0.0697. The van der Waals surface area contributed by atoms with Crippen LogP contribution in [0.25, 0.3) is 22.4 Å². The van der Waals surface area contributed by atoms with Gasteiger partial charge in [0.2, 0.25) is 0 Å². The average Bonchev–Trinajstić information content (AvgIpc) is 3.00. The molecular weight excluding hydrogens is 312 g/mol. The van der Waals surface area contributed by atoms with Gasteiger partial charge in [-0.05, 0) is 31.0 Å². The molecule has 0 amide bonds. The van der Waals surface area contributed by atoms with Gasteiger partial charge in [-0.15, -0.1) is 0 Å². The van der Waals surface area contributed by atoms with Crippen LogP contribution >= 0.6 is 0 Å². The van der Waals surface area contributed by atoms with Crippen molar-refractivity contribution in [3.63, 3.8) is 0 Å². The van der Waals surface area contributed by atoms with Crippen LogP contribution in [-0.4, -0.2) is 20.6 Å². The Hall–Kier alpha value is -2.62. The molecule has 1 aromatic heterocycles. The molecule has 2 aromatic carbocycles. The van der Waals surface area contributed by atoms with Crippen LogP contribution in [0, 0.1) is 0 Å². The Morgan fingerprint density at radius 2 is 1.76 bits per heavy atom. The third-order valence-electron chi connectivity index (χ3n) is 4.58. The second kappa shape index (κ2) is 7.51. The van der Waals surface area contributed by atoms with E-state index in [9.17, 15) is 9.90 Å². The van der Waals surface area contributed by atoms with E-state index in [0.29, 0.717) is 6.04 Å². The lowest BCUT2D eigenvalue weighted by Crippen LogP contribution is -2.10. The largest absolute Gasteiger partial charge is 0.478 e. The van der Waals surface area contributed by atoms with Crippen molar-refractivity contribution >= 4 is 17.0 Å². The van der Waals surface area contributed by atoms with E-state index >= 15 is 0 Å². The molecule has 0 fully saturated rings. The summed E-state index contributed by atoms with van der Waals surface area (Å²) in [5.74, 6) is 0.00131. The van der Waals surface area contributed by atoms with E-state index in [1.165, 1.54) is 0 Å². The van der Waals surface area contributed by atoms with Crippen molar-refractivity contribution in [3.8, 4) is 11.4 Å². The first kappa shape index (κ1) is 17.2. The summed E-state index contributed by atoms with van der Waals surface area (Å²) in [6.45, 7) is 4.40. The number of nitrogens with zero attached hydrogens (tertiary/aromatic N) is 2. The van der Waals surface area contributed by atoms with E-state index in [0.717, 1.165) is 48.1 Å². The van der Waals surface area contributed by atoms with Crippen molar-refractivity contribution in [1.29, 1.82) is 0 Å². The van der Waals surface area contributed by atoms with Gasteiger partial charge in [0.1, 0.15) is 5.82 Å². The molecule has 130 valence electrons. The SMILES string of the molecule is CCCC(CCC)n1c(-c2ccccc2)nc2cc(C(=O)O)ccc21. The van der Waals surface area contributed by atoms with Gasteiger partial charge in [-0.2, -0.15) is 0 Å². The van der Waals surface area contributed by atoms with Gasteiger partial charge in [-0.3, -0.25) is 0 Å². The van der Waals surface area contributed by atoms with Gasteiger partial charge >= 0.3 is 5.97 Å². The van der Waals surface area contributed by atoms with Crippen molar-refractivity contribution in [2.75, 3.05) is 0 Å². The Bertz CT molecular complexity index is 862. The number of aromatic nitrogens is 2. The zero-order valence-electron chi connectivity index (χ0n) is 14.8. The minimum atomic E-state index is -0.920. The molecule has 0 radical (unpaired) electrons. The van der Waals surface area contributed by atoms with Gasteiger partial charge in [0.05, 0.1) is 16.6 Å². The summed E-state index contributed by atoms with van der Waals surface area (Å²) < 4.78 is 2.31. The van der Waals surface area contributed by atoms with Crippen LogP contribution in [0.3, 0.4) is 0 Å². The molecule has 0 spiro atoms. The van der Waals surface area contributed by atoms with Gasteiger partial charge < -0.3 is 9.67 Å². The standard InChI is InChI=1S/C21H24N2O2/c1-3-8-17(9-4-2)23-19-13-12-16(21(24)25)14-18(19)22-20(23)15-10-6-5-7-11-15/h5-7,10-14,17H,3-4,8-9H2,1-2H3,(H,24,25). The number of carboxylic acid groups (broad SMARTS) is 1. The van der Waals surface area contributed by atoms with Crippen molar-refractivity contribution in [2.45, 2.75) is 45.6 Å². The summed E-state index contributed by atoms with van der Waals surface area (Å²) in [7, 11) is 0. The van der Waals surface area contributed by atoms with E-state index in [-0.39, 0.29) is 5.56 Å². The monoisotopic (exact) mass is 336 g/mol. The molecule has 1 N–H and O–H groups in total. The highest BCUT2D eigenvalue weighted by Gasteiger charge is 2.20. The van der Waals surface area contributed by atoms with Gasteiger partial charge in [0.15, 0.2) is 0 Å². The number of rotatable bonds is 7. The summed E-state index contributed by atoms with van der Waals surface area (Å²) in [5, 5.41) is 9.28. The molecule has 1 heterocycles. The molecule has 0 aliphatic rings. The van der Waals surface area contributed by atoms with Crippen LogP contribution in [0.1, 0.15) is 55.9 Å². The molecular formula is C21H24N2O2. The molecule has 0 aliphatic heterocycles. The van der Waals surface area contributed by atoms with Crippen LogP contribution in [0.15, 0.2) is 48.5 Å². The molecule has 0 unspecified atom stereocenters. The average molecular weight is 336 g/mol. The number of aromatic carboxylic acids is 1. The fourth-order valence-electron chi connectivity index (χ4n) is 3.46. The minimum absolute atomic E-state index is 0.277. The Balaban J connectivity index is 2.24. The molecule has 4 nitrogen and oxygen atoms in total. The molecule has 0 bridgehead atoms. The molecule has 0 saturated heterocycles. The topological polar surface area (TPSA) is 55.1 Å². The van der Waals surface area contributed by atoms with E-state index in [4.69, 9.17) is 4.98 Å².